The third kappa shape index (κ3) is 3.44. The molecule has 0 amide bonds. The topological polar surface area (TPSA) is 75.3 Å². The summed E-state index contributed by atoms with van der Waals surface area (Å²) < 4.78 is 13.1. The Morgan fingerprint density at radius 1 is 1.38 bits per heavy atom. The first kappa shape index (κ1) is 15.1. The number of carbonyl (C=O) groups is 1. The fourth-order valence-electron chi connectivity index (χ4n) is 1.93. The number of halogens is 2. The van der Waals surface area contributed by atoms with Crippen LogP contribution in [0.1, 0.15) is 21.5 Å². The van der Waals surface area contributed by atoms with Gasteiger partial charge in [-0.25, -0.2) is 9.18 Å². The standard InChI is InChI=1S/C15H14ClFN2O2/c1-8-4-10(6-11(14(8)18)15(20)21)19-7-9-2-3-13(17)12(16)5-9/h2-6,19H,7,18H2,1H3,(H,20,21). The van der Waals surface area contributed by atoms with E-state index in [1.54, 1.807) is 19.1 Å². The first-order valence-electron chi connectivity index (χ1n) is 6.19. The number of nitrogens with one attached hydrogen (secondary N) is 1. The predicted octanol–water partition coefficient (Wildman–Crippen LogP) is 3.68. The molecule has 0 fully saturated rings. The molecule has 2 aromatic rings. The average molecular weight is 309 g/mol. The second-order valence-electron chi connectivity index (χ2n) is 4.66. The summed E-state index contributed by atoms with van der Waals surface area (Å²) in [5, 5.41) is 12.2. The van der Waals surface area contributed by atoms with Crippen molar-refractivity contribution in [2.24, 2.45) is 0 Å². The van der Waals surface area contributed by atoms with E-state index in [1.165, 1.54) is 18.2 Å². The van der Waals surface area contributed by atoms with Crippen LogP contribution in [-0.4, -0.2) is 11.1 Å². The Labute approximate surface area is 126 Å². The highest BCUT2D eigenvalue weighted by Gasteiger charge is 2.11. The van der Waals surface area contributed by atoms with Gasteiger partial charge in [0.05, 0.1) is 10.6 Å². The number of rotatable bonds is 4. The van der Waals surface area contributed by atoms with Crippen LogP contribution in [0.3, 0.4) is 0 Å². The van der Waals surface area contributed by atoms with Crippen molar-refractivity contribution in [2.75, 3.05) is 11.1 Å². The van der Waals surface area contributed by atoms with Gasteiger partial charge in [-0.2, -0.15) is 0 Å². The van der Waals surface area contributed by atoms with Gasteiger partial charge in [0.25, 0.3) is 0 Å². The van der Waals surface area contributed by atoms with Crippen LogP contribution in [0.15, 0.2) is 30.3 Å². The maximum atomic E-state index is 13.1. The van der Waals surface area contributed by atoms with E-state index in [0.717, 1.165) is 5.56 Å². The zero-order chi connectivity index (χ0) is 15.6. The Balaban J connectivity index is 2.20. The number of hydrogen-bond acceptors (Lipinski definition) is 3. The summed E-state index contributed by atoms with van der Waals surface area (Å²) in [6.45, 7) is 2.13. The Kier molecular flexibility index (Phi) is 4.33. The molecule has 0 aliphatic heterocycles. The molecule has 0 heterocycles. The first-order valence-corrected chi connectivity index (χ1v) is 6.57. The molecule has 0 bridgehead atoms. The van der Waals surface area contributed by atoms with Gasteiger partial charge in [0.2, 0.25) is 0 Å². The van der Waals surface area contributed by atoms with Crippen molar-refractivity contribution in [2.45, 2.75) is 13.5 Å². The summed E-state index contributed by atoms with van der Waals surface area (Å²) in [5.41, 5.74) is 8.11. The molecule has 4 N–H and O–H groups in total. The monoisotopic (exact) mass is 308 g/mol. The van der Waals surface area contributed by atoms with Crippen molar-refractivity contribution in [3.8, 4) is 0 Å². The van der Waals surface area contributed by atoms with E-state index in [9.17, 15) is 9.18 Å². The molecule has 0 aliphatic rings. The van der Waals surface area contributed by atoms with E-state index < -0.39 is 11.8 Å². The SMILES string of the molecule is Cc1cc(NCc2ccc(F)c(Cl)c2)cc(C(=O)O)c1N. The molecule has 0 spiro atoms. The number of aromatic carboxylic acids is 1. The van der Waals surface area contributed by atoms with Crippen LogP contribution in [0.2, 0.25) is 5.02 Å². The minimum Gasteiger partial charge on any atom is -0.478 e. The lowest BCUT2D eigenvalue weighted by Crippen LogP contribution is -2.07. The van der Waals surface area contributed by atoms with Crippen molar-refractivity contribution in [3.05, 3.63) is 57.9 Å². The maximum Gasteiger partial charge on any atom is 0.337 e. The van der Waals surface area contributed by atoms with E-state index in [4.69, 9.17) is 22.4 Å². The minimum atomic E-state index is -1.08. The van der Waals surface area contributed by atoms with Gasteiger partial charge in [-0.3, -0.25) is 0 Å². The number of hydrogen-bond donors (Lipinski definition) is 3. The van der Waals surface area contributed by atoms with Gasteiger partial charge in [-0.15, -0.1) is 0 Å². The van der Waals surface area contributed by atoms with Crippen LogP contribution in [0.5, 0.6) is 0 Å². The Bertz CT molecular complexity index is 704. The van der Waals surface area contributed by atoms with E-state index in [1.807, 2.05) is 0 Å². The molecule has 2 rings (SSSR count). The van der Waals surface area contributed by atoms with Gasteiger partial charge >= 0.3 is 5.97 Å². The van der Waals surface area contributed by atoms with Gasteiger partial charge < -0.3 is 16.2 Å². The average Bonchev–Trinajstić information content (AvgIpc) is 2.43. The highest BCUT2D eigenvalue weighted by atomic mass is 35.5. The third-order valence-electron chi connectivity index (χ3n) is 3.10. The lowest BCUT2D eigenvalue weighted by atomic mass is 10.1. The van der Waals surface area contributed by atoms with E-state index in [2.05, 4.69) is 5.32 Å². The Morgan fingerprint density at radius 2 is 2.10 bits per heavy atom. The smallest absolute Gasteiger partial charge is 0.337 e. The lowest BCUT2D eigenvalue weighted by molar-refractivity contribution is 0.0698. The molecule has 0 unspecified atom stereocenters. The number of carboxylic acids is 1. The minimum absolute atomic E-state index is 0.0500. The number of aryl methyl sites for hydroxylation is 1. The molecular weight excluding hydrogens is 295 g/mol. The molecule has 0 saturated carbocycles. The number of carboxylic acid groups (broad SMARTS) is 1. The van der Waals surface area contributed by atoms with Gasteiger partial charge in [0, 0.05) is 17.9 Å². The van der Waals surface area contributed by atoms with Crippen molar-refractivity contribution >= 4 is 28.9 Å². The normalized spacial score (nSPS) is 10.4. The second kappa shape index (κ2) is 6.01. The Morgan fingerprint density at radius 3 is 2.71 bits per heavy atom. The van der Waals surface area contributed by atoms with E-state index >= 15 is 0 Å². The summed E-state index contributed by atoms with van der Waals surface area (Å²) in [6.07, 6.45) is 0. The number of benzene rings is 2. The molecule has 0 atom stereocenters. The first-order chi connectivity index (χ1) is 9.88. The maximum absolute atomic E-state index is 13.1. The second-order valence-corrected chi connectivity index (χ2v) is 5.07. The third-order valence-corrected chi connectivity index (χ3v) is 3.39. The molecule has 0 aromatic heterocycles. The molecular formula is C15H14ClFN2O2. The number of nitrogens with two attached hydrogens (primary N) is 1. The van der Waals surface area contributed by atoms with Gasteiger partial charge in [0.1, 0.15) is 5.82 Å². The predicted molar refractivity (Wildman–Crippen MR) is 81.3 cm³/mol. The van der Waals surface area contributed by atoms with Crippen LogP contribution in [0.4, 0.5) is 15.8 Å². The van der Waals surface area contributed by atoms with Crippen molar-refractivity contribution < 1.29 is 14.3 Å². The molecule has 4 nitrogen and oxygen atoms in total. The van der Waals surface area contributed by atoms with E-state index in [0.29, 0.717) is 17.8 Å². The zero-order valence-corrected chi connectivity index (χ0v) is 12.0. The van der Waals surface area contributed by atoms with Crippen LogP contribution in [0, 0.1) is 12.7 Å². The summed E-state index contributed by atoms with van der Waals surface area (Å²) in [5.74, 6) is -1.55. The van der Waals surface area contributed by atoms with Crippen LogP contribution >= 0.6 is 11.6 Å². The quantitative estimate of drug-likeness (QED) is 0.753. The molecule has 0 aliphatic carbocycles. The van der Waals surface area contributed by atoms with Crippen LogP contribution < -0.4 is 11.1 Å². The molecule has 110 valence electrons. The fraction of sp³-hybridized carbons (Fsp3) is 0.133. The zero-order valence-electron chi connectivity index (χ0n) is 11.3. The van der Waals surface area contributed by atoms with Gasteiger partial charge in [-0.05, 0) is 42.3 Å². The number of anilines is 2. The highest BCUT2D eigenvalue weighted by molar-refractivity contribution is 6.30. The highest BCUT2D eigenvalue weighted by Crippen LogP contribution is 2.24. The van der Waals surface area contributed by atoms with Gasteiger partial charge in [0.15, 0.2) is 0 Å². The summed E-state index contributed by atoms with van der Waals surface area (Å²) in [6, 6.07) is 7.64. The summed E-state index contributed by atoms with van der Waals surface area (Å²) in [4.78, 5) is 11.1. The van der Waals surface area contributed by atoms with Crippen molar-refractivity contribution in [3.63, 3.8) is 0 Å². The van der Waals surface area contributed by atoms with Crippen LogP contribution in [-0.2, 0) is 6.54 Å². The molecule has 2 aromatic carbocycles. The fourth-order valence-corrected chi connectivity index (χ4v) is 2.13. The number of nitrogen functional groups attached to an aromatic ring is 1. The largest absolute Gasteiger partial charge is 0.478 e. The Hall–Kier alpha value is -2.27. The molecule has 0 saturated heterocycles. The molecule has 0 radical (unpaired) electrons. The molecule has 21 heavy (non-hydrogen) atoms. The summed E-state index contributed by atoms with van der Waals surface area (Å²) in [7, 11) is 0. The van der Waals surface area contributed by atoms with Crippen molar-refractivity contribution in [1.82, 2.24) is 0 Å². The van der Waals surface area contributed by atoms with Crippen molar-refractivity contribution in [1.29, 1.82) is 0 Å². The molecule has 6 heteroatoms. The lowest BCUT2D eigenvalue weighted by Gasteiger charge is -2.11. The van der Waals surface area contributed by atoms with Gasteiger partial charge in [-0.1, -0.05) is 17.7 Å². The van der Waals surface area contributed by atoms with E-state index in [-0.39, 0.29) is 16.3 Å². The summed E-state index contributed by atoms with van der Waals surface area (Å²) >= 11 is 5.71. The van der Waals surface area contributed by atoms with Crippen LogP contribution in [0.25, 0.3) is 0 Å².